The van der Waals surface area contributed by atoms with E-state index in [2.05, 4.69) is 45.6 Å². The number of amides is 1. The Morgan fingerprint density at radius 2 is 1.97 bits per heavy atom. The average molecular weight is 496 g/mol. The van der Waals surface area contributed by atoms with Crippen LogP contribution in [0.5, 0.6) is 5.75 Å². The molecule has 5 aromatic rings. The molecule has 3 heterocycles. The lowest BCUT2D eigenvalue weighted by atomic mass is 10.0. The molecule has 3 aromatic carbocycles. The van der Waals surface area contributed by atoms with Gasteiger partial charge in [-0.3, -0.25) is 9.36 Å². The van der Waals surface area contributed by atoms with Gasteiger partial charge in [0.25, 0.3) is 0 Å². The van der Waals surface area contributed by atoms with Gasteiger partial charge in [-0.1, -0.05) is 60.3 Å². The molecule has 0 bridgehead atoms. The maximum Gasteiger partial charge on any atom is 0.230 e. The molecule has 0 spiro atoms. The third-order valence-electron chi connectivity index (χ3n) is 6.35. The number of fused-ring (bicyclic) bond motifs is 2. The zero-order valence-corrected chi connectivity index (χ0v) is 20.6. The maximum atomic E-state index is 13.0. The standard InChI is InChI=1S/C28H25N5O2S/c1-18-7-6-8-19(15-18)33-27(22-16-29-23-11-4-2-9-20(22)23)31-32-28(33)36-17-26(34)30-24-13-14-35-25-12-5-3-10-21(24)25/h2-12,15-16,24,29H,13-14,17H2,1H3,(H,30,34). The molecule has 0 fully saturated rings. The van der Waals surface area contributed by atoms with Crippen LogP contribution in [0, 0.1) is 6.92 Å². The van der Waals surface area contributed by atoms with Crippen LogP contribution >= 0.6 is 11.8 Å². The van der Waals surface area contributed by atoms with E-state index in [0.717, 1.165) is 51.3 Å². The number of para-hydroxylation sites is 2. The first-order chi connectivity index (χ1) is 17.7. The number of carbonyl (C=O) groups is 1. The molecule has 36 heavy (non-hydrogen) atoms. The number of nitrogens with zero attached hydrogens (tertiary/aromatic N) is 3. The van der Waals surface area contributed by atoms with Crippen molar-refractivity contribution in [2.24, 2.45) is 0 Å². The van der Waals surface area contributed by atoms with Gasteiger partial charge in [-0.2, -0.15) is 0 Å². The van der Waals surface area contributed by atoms with Gasteiger partial charge in [-0.15, -0.1) is 10.2 Å². The summed E-state index contributed by atoms with van der Waals surface area (Å²) < 4.78 is 7.76. The van der Waals surface area contributed by atoms with Crippen molar-refractivity contribution >= 4 is 28.6 Å². The highest BCUT2D eigenvalue weighted by atomic mass is 32.2. The van der Waals surface area contributed by atoms with E-state index in [1.165, 1.54) is 11.8 Å². The van der Waals surface area contributed by atoms with Gasteiger partial charge < -0.3 is 15.0 Å². The molecule has 180 valence electrons. The van der Waals surface area contributed by atoms with Crippen molar-refractivity contribution in [1.82, 2.24) is 25.1 Å². The first-order valence-corrected chi connectivity index (χ1v) is 12.9. The summed E-state index contributed by atoms with van der Waals surface area (Å²) in [4.78, 5) is 16.3. The van der Waals surface area contributed by atoms with E-state index < -0.39 is 0 Å². The Hall–Kier alpha value is -4.04. The van der Waals surface area contributed by atoms with Crippen molar-refractivity contribution in [2.45, 2.75) is 24.5 Å². The van der Waals surface area contributed by atoms with Crippen molar-refractivity contribution in [1.29, 1.82) is 0 Å². The van der Waals surface area contributed by atoms with Crippen LogP contribution in [-0.4, -0.2) is 38.0 Å². The maximum absolute atomic E-state index is 13.0. The summed E-state index contributed by atoms with van der Waals surface area (Å²) in [5, 5.41) is 14.0. The van der Waals surface area contributed by atoms with Crippen molar-refractivity contribution in [3.63, 3.8) is 0 Å². The number of hydrogen-bond donors (Lipinski definition) is 2. The average Bonchev–Trinajstić information content (AvgIpc) is 3.52. The summed E-state index contributed by atoms with van der Waals surface area (Å²) in [6.07, 6.45) is 2.71. The van der Waals surface area contributed by atoms with Crippen molar-refractivity contribution in [2.75, 3.05) is 12.4 Å². The van der Waals surface area contributed by atoms with Gasteiger partial charge in [0, 0.05) is 40.3 Å². The van der Waals surface area contributed by atoms with Crippen LogP contribution in [0.1, 0.15) is 23.6 Å². The third kappa shape index (κ3) is 4.24. The zero-order chi connectivity index (χ0) is 24.5. The number of H-pyrrole nitrogens is 1. The summed E-state index contributed by atoms with van der Waals surface area (Å²) in [6, 6.07) is 24.2. The summed E-state index contributed by atoms with van der Waals surface area (Å²) >= 11 is 1.39. The summed E-state index contributed by atoms with van der Waals surface area (Å²) in [6.45, 7) is 2.65. The highest BCUT2D eigenvalue weighted by molar-refractivity contribution is 7.99. The zero-order valence-electron chi connectivity index (χ0n) is 19.8. The minimum atomic E-state index is -0.0560. The molecular weight excluding hydrogens is 470 g/mol. The third-order valence-corrected chi connectivity index (χ3v) is 7.28. The van der Waals surface area contributed by atoms with Crippen molar-refractivity contribution in [3.05, 3.63) is 90.1 Å². The number of nitrogens with one attached hydrogen (secondary N) is 2. The van der Waals surface area contributed by atoms with E-state index in [9.17, 15) is 4.79 Å². The Kier molecular flexibility index (Phi) is 5.95. The number of aromatic nitrogens is 4. The fourth-order valence-electron chi connectivity index (χ4n) is 4.65. The molecule has 0 radical (unpaired) electrons. The molecule has 1 aliphatic heterocycles. The van der Waals surface area contributed by atoms with Gasteiger partial charge in [0.2, 0.25) is 5.91 Å². The molecule has 1 unspecified atom stereocenters. The van der Waals surface area contributed by atoms with Crippen LogP contribution in [0.3, 0.4) is 0 Å². The number of benzene rings is 3. The lowest BCUT2D eigenvalue weighted by Crippen LogP contribution is -2.33. The minimum Gasteiger partial charge on any atom is -0.493 e. The fourth-order valence-corrected chi connectivity index (χ4v) is 5.42. The molecule has 0 aliphatic carbocycles. The van der Waals surface area contributed by atoms with Crippen LogP contribution in [-0.2, 0) is 4.79 Å². The quantitative estimate of drug-likeness (QED) is 0.306. The number of rotatable bonds is 6. The van der Waals surface area contributed by atoms with Crippen LogP contribution in [0.15, 0.2) is 84.1 Å². The Morgan fingerprint density at radius 1 is 1.11 bits per heavy atom. The second-order valence-electron chi connectivity index (χ2n) is 8.81. The van der Waals surface area contributed by atoms with E-state index in [1.807, 2.05) is 65.4 Å². The Labute approximate surface area is 212 Å². The van der Waals surface area contributed by atoms with Crippen molar-refractivity contribution < 1.29 is 9.53 Å². The van der Waals surface area contributed by atoms with Gasteiger partial charge in [-0.25, -0.2) is 0 Å². The smallest absolute Gasteiger partial charge is 0.230 e. The predicted octanol–water partition coefficient (Wildman–Crippen LogP) is 5.46. The lowest BCUT2D eigenvalue weighted by Gasteiger charge is -2.26. The van der Waals surface area contributed by atoms with Gasteiger partial charge >= 0.3 is 0 Å². The Balaban J connectivity index is 1.29. The number of hydrogen-bond acceptors (Lipinski definition) is 5. The SMILES string of the molecule is Cc1cccc(-n2c(SCC(=O)NC3CCOc4ccccc43)nnc2-c2c[nH]c3ccccc23)c1. The number of ether oxygens (including phenoxy) is 1. The van der Waals surface area contributed by atoms with Gasteiger partial charge in [0.05, 0.1) is 18.4 Å². The Bertz CT molecular complexity index is 1560. The van der Waals surface area contributed by atoms with Crippen molar-refractivity contribution in [3.8, 4) is 22.8 Å². The number of carbonyl (C=O) groups excluding carboxylic acids is 1. The van der Waals surface area contributed by atoms with E-state index in [-0.39, 0.29) is 17.7 Å². The second kappa shape index (κ2) is 9.54. The van der Waals surface area contributed by atoms with Crippen LogP contribution in [0.2, 0.25) is 0 Å². The van der Waals surface area contributed by atoms with E-state index >= 15 is 0 Å². The highest BCUT2D eigenvalue weighted by Crippen LogP contribution is 2.34. The van der Waals surface area contributed by atoms with E-state index in [4.69, 9.17) is 4.74 Å². The molecule has 7 nitrogen and oxygen atoms in total. The summed E-state index contributed by atoms with van der Waals surface area (Å²) in [5.74, 6) is 1.76. The largest absolute Gasteiger partial charge is 0.493 e. The first kappa shape index (κ1) is 22.4. The number of aromatic amines is 1. The van der Waals surface area contributed by atoms with Crippen LogP contribution in [0.4, 0.5) is 0 Å². The van der Waals surface area contributed by atoms with Gasteiger partial charge in [-0.05, 0) is 36.8 Å². The molecular formula is C28H25N5O2S. The second-order valence-corrected chi connectivity index (χ2v) is 9.75. The summed E-state index contributed by atoms with van der Waals surface area (Å²) in [5.41, 5.74) is 5.12. The fraction of sp³-hybridized carbons (Fsp3) is 0.179. The van der Waals surface area contributed by atoms with E-state index in [0.29, 0.717) is 11.8 Å². The summed E-state index contributed by atoms with van der Waals surface area (Å²) in [7, 11) is 0. The van der Waals surface area contributed by atoms with Crippen LogP contribution < -0.4 is 10.1 Å². The van der Waals surface area contributed by atoms with E-state index in [1.54, 1.807) is 0 Å². The molecule has 8 heteroatoms. The predicted molar refractivity (Wildman–Crippen MR) is 142 cm³/mol. The molecule has 2 aromatic heterocycles. The van der Waals surface area contributed by atoms with Crippen LogP contribution in [0.25, 0.3) is 28.0 Å². The number of aryl methyl sites for hydroxylation is 1. The highest BCUT2D eigenvalue weighted by Gasteiger charge is 2.24. The molecule has 6 rings (SSSR count). The normalized spacial score (nSPS) is 14.9. The van der Waals surface area contributed by atoms with Gasteiger partial charge in [0.15, 0.2) is 11.0 Å². The molecule has 0 saturated carbocycles. The molecule has 2 N–H and O–H groups in total. The Morgan fingerprint density at radius 3 is 2.89 bits per heavy atom. The van der Waals surface area contributed by atoms with Gasteiger partial charge in [0.1, 0.15) is 5.75 Å². The molecule has 1 amide bonds. The molecule has 1 aliphatic rings. The topological polar surface area (TPSA) is 84.8 Å². The monoisotopic (exact) mass is 495 g/mol. The lowest BCUT2D eigenvalue weighted by molar-refractivity contribution is -0.119. The molecule has 1 atom stereocenters. The first-order valence-electron chi connectivity index (χ1n) is 11.9. The number of thioether (sulfide) groups is 1. The molecule has 0 saturated heterocycles. The minimum absolute atomic E-state index is 0.0471.